The van der Waals surface area contributed by atoms with E-state index < -0.39 is 0 Å². The van der Waals surface area contributed by atoms with E-state index in [1.165, 1.54) is 25.7 Å². The third-order valence-corrected chi connectivity index (χ3v) is 4.97. The van der Waals surface area contributed by atoms with Crippen LogP contribution in [0.25, 0.3) is 0 Å². The van der Waals surface area contributed by atoms with Gasteiger partial charge in [-0.25, -0.2) is 0 Å². The van der Waals surface area contributed by atoms with Crippen molar-refractivity contribution in [1.29, 1.82) is 0 Å². The van der Waals surface area contributed by atoms with Crippen molar-refractivity contribution in [2.75, 3.05) is 7.11 Å². The van der Waals surface area contributed by atoms with Gasteiger partial charge in [-0.05, 0) is 42.9 Å². The van der Waals surface area contributed by atoms with Gasteiger partial charge in [0, 0.05) is 18.0 Å². The lowest BCUT2D eigenvalue weighted by atomic mass is 9.77. The van der Waals surface area contributed by atoms with E-state index in [2.05, 4.69) is 6.92 Å². The number of hydrogen-bond acceptors (Lipinski definition) is 3. The normalized spacial score (nSPS) is 33.1. The molecule has 2 N–H and O–H groups in total. The molecule has 3 rings (SSSR count). The van der Waals surface area contributed by atoms with Crippen molar-refractivity contribution in [2.24, 2.45) is 17.6 Å². The highest BCUT2D eigenvalue weighted by atomic mass is 16.5. The minimum atomic E-state index is 0.0678. The fourth-order valence-electron chi connectivity index (χ4n) is 3.59. The minimum Gasteiger partial charge on any atom is -0.497 e. The van der Waals surface area contributed by atoms with Gasteiger partial charge in [0.25, 0.3) is 0 Å². The third kappa shape index (κ3) is 2.64. The molecule has 0 radical (unpaired) electrons. The smallest absolute Gasteiger partial charge is 0.124 e. The SMILES string of the molecule is COc1ccc2c(c1)C(N)CC(C1CCC(C)CC1)O2. The summed E-state index contributed by atoms with van der Waals surface area (Å²) in [7, 11) is 1.68. The van der Waals surface area contributed by atoms with E-state index >= 15 is 0 Å². The molecule has 1 saturated carbocycles. The quantitative estimate of drug-likeness (QED) is 0.895. The second-order valence-corrected chi connectivity index (χ2v) is 6.42. The van der Waals surface area contributed by atoms with Crippen LogP contribution < -0.4 is 15.2 Å². The first kappa shape index (κ1) is 13.7. The molecule has 110 valence electrons. The standard InChI is InChI=1S/C17H25NO2/c1-11-3-5-12(6-4-11)17-10-15(18)14-9-13(19-2)7-8-16(14)20-17/h7-9,11-12,15,17H,3-6,10,18H2,1-2H3. The van der Waals surface area contributed by atoms with Crippen LogP contribution in [0.15, 0.2) is 18.2 Å². The Morgan fingerprint density at radius 3 is 2.65 bits per heavy atom. The van der Waals surface area contributed by atoms with Crippen LogP contribution >= 0.6 is 0 Å². The zero-order chi connectivity index (χ0) is 14.1. The van der Waals surface area contributed by atoms with Gasteiger partial charge in [-0.3, -0.25) is 0 Å². The van der Waals surface area contributed by atoms with Gasteiger partial charge in [0.2, 0.25) is 0 Å². The topological polar surface area (TPSA) is 44.5 Å². The Bertz CT molecular complexity index is 466. The summed E-state index contributed by atoms with van der Waals surface area (Å²) in [6.45, 7) is 2.35. The third-order valence-electron chi connectivity index (χ3n) is 4.97. The summed E-state index contributed by atoms with van der Waals surface area (Å²) in [4.78, 5) is 0. The van der Waals surface area contributed by atoms with Crippen molar-refractivity contribution in [1.82, 2.24) is 0 Å². The zero-order valence-corrected chi connectivity index (χ0v) is 12.5. The maximum Gasteiger partial charge on any atom is 0.124 e. The van der Waals surface area contributed by atoms with E-state index in [1.807, 2.05) is 18.2 Å². The number of fused-ring (bicyclic) bond motifs is 1. The van der Waals surface area contributed by atoms with Crippen molar-refractivity contribution in [3.05, 3.63) is 23.8 Å². The molecule has 0 spiro atoms. The van der Waals surface area contributed by atoms with Gasteiger partial charge in [0.15, 0.2) is 0 Å². The molecule has 0 bridgehead atoms. The molecule has 0 amide bonds. The summed E-state index contributed by atoms with van der Waals surface area (Å²) in [5.41, 5.74) is 7.45. The fourth-order valence-corrected chi connectivity index (χ4v) is 3.59. The molecule has 1 aromatic rings. The number of rotatable bonds is 2. The molecule has 1 fully saturated rings. The number of methoxy groups -OCH3 is 1. The van der Waals surface area contributed by atoms with Crippen LogP contribution in [0.1, 0.15) is 50.6 Å². The van der Waals surface area contributed by atoms with Gasteiger partial charge < -0.3 is 15.2 Å². The Morgan fingerprint density at radius 2 is 1.95 bits per heavy atom. The monoisotopic (exact) mass is 275 g/mol. The van der Waals surface area contributed by atoms with Gasteiger partial charge in [0.1, 0.15) is 17.6 Å². The van der Waals surface area contributed by atoms with Gasteiger partial charge in [-0.1, -0.05) is 19.8 Å². The fraction of sp³-hybridized carbons (Fsp3) is 0.647. The largest absolute Gasteiger partial charge is 0.497 e. The van der Waals surface area contributed by atoms with Crippen LogP contribution in [0.4, 0.5) is 0 Å². The van der Waals surface area contributed by atoms with Crippen LogP contribution in [0.5, 0.6) is 11.5 Å². The van der Waals surface area contributed by atoms with Crippen LogP contribution in [0.2, 0.25) is 0 Å². The molecule has 2 unspecified atom stereocenters. The summed E-state index contributed by atoms with van der Waals surface area (Å²) < 4.78 is 11.5. The average Bonchev–Trinajstić information content (AvgIpc) is 2.47. The van der Waals surface area contributed by atoms with E-state index in [1.54, 1.807) is 7.11 Å². The molecule has 1 heterocycles. The van der Waals surface area contributed by atoms with E-state index in [4.69, 9.17) is 15.2 Å². The Balaban J connectivity index is 1.75. The summed E-state index contributed by atoms with van der Waals surface area (Å²) in [6, 6.07) is 6.04. The van der Waals surface area contributed by atoms with Crippen LogP contribution in [-0.2, 0) is 0 Å². The molecule has 3 heteroatoms. The van der Waals surface area contributed by atoms with E-state index in [9.17, 15) is 0 Å². The van der Waals surface area contributed by atoms with Crippen LogP contribution in [0, 0.1) is 11.8 Å². The summed E-state index contributed by atoms with van der Waals surface area (Å²) in [5.74, 6) is 3.36. The molecule has 1 aliphatic heterocycles. The number of hydrogen-bond donors (Lipinski definition) is 1. The molecule has 2 atom stereocenters. The van der Waals surface area contributed by atoms with Crippen molar-refractivity contribution >= 4 is 0 Å². The summed E-state index contributed by atoms with van der Waals surface area (Å²) >= 11 is 0. The lowest BCUT2D eigenvalue weighted by molar-refractivity contribution is 0.0702. The van der Waals surface area contributed by atoms with Gasteiger partial charge in [-0.2, -0.15) is 0 Å². The van der Waals surface area contributed by atoms with E-state index in [0.717, 1.165) is 29.4 Å². The maximum atomic E-state index is 6.36. The lowest BCUT2D eigenvalue weighted by Gasteiger charge is -2.38. The first-order valence-corrected chi connectivity index (χ1v) is 7.77. The Hall–Kier alpha value is -1.22. The number of benzene rings is 1. The molecule has 20 heavy (non-hydrogen) atoms. The predicted molar refractivity (Wildman–Crippen MR) is 80.1 cm³/mol. The molecule has 2 aliphatic rings. The molecular weight excluding hydrogens is 250 g/mol. The molecule has 1 aliphatic carbocycles. The van der Waals surface area contributed by atoms with Crippen LogP contribution in [0.3, 0.4) is 0 Å². The molecule has 0 aromatic heterocycles. The minimum absolute atomic E-state index is 0.0678. The second-order valence-electron chi connectivity index (χ2n) is 6.42. The Labute approximate surface area is 121 Å². The van der Waals surface area contributed by atoms with E-state index in [0.29, 0.717) is 12.0 Å². The molecular formula is C17H25NO2. The molecule has 3 nitrogen and oxygen atoms in total. The van der Waals surface area contributed by atoms with Crippen molar-refractivity contribution < 1.29 is 9.47 Å². The summed E-state index contributed by atoms with van der Waals surface area (Å²) in [6.07, 6.45) is 6.44. The Kier molecular flexibility index (Phi) is 3.88. The molecule has 0 saturated heterocycles. The van der Waals surface area contributed by atoms with Gasteiger partial charge in [-0.15, -0.1) is 0 Å². The number of nitrogens with two attached hydrogens (primary N) is 1. The highest BCUT2D eigenvalue weighted by Gasteiger charge is 2.33. The predicted octanol–water partition coefficient (Wildman–Crippen LogP) is 3.67. The highest BCUT2D eigenvalue weighted by molar-refractivity contribution is 5.43. The average molecular weight is 275 g/mol. The zero-order valence-electron chi connectivity index (χ0n) is 12.5. The first-order valence-electron chi connectivity index (χ1n) is 7.77. The lowest BCUT2D eigenvalue weighted by Crippen LogP contribution is -2.36. The van der Waals surface area contributed by atoms with E-state index in [-0.39, 0.29) is 6.04 Å². The molecule has 1 aromatic carbocycles. The summed E-state index contributed by atoms with van der Waals surface area (Å²) in [5, 5.41) is 0. The highest BCUT2D eigenvalue weighted by Crippen LogP contribution is 2.41. The van der Waals surface area contributed by atoms with Crippen molar-refractivity contribution in [2.45, 2.75) is 51.2 Å². The van der Waals surface area contributed by atoms with Crippen LogP contribution in [-0.4, -0.2) is 13.2 Å². The van der Waals surface area contributed by atoms with Gasteiger partial charge in [0.05, 0.1) is 7.11 Å². The number of ether oxygens (including phenoxy) is 2. The maximum absolute atomic E-state index is 6.36. The van der Waals surface area contributed by atoms with Gasteiger partial charge >= 0.3 is 0 Å². The second kappa shape index (κ2) is 5.65. The first-order chi connectivity index (χ1) is 9.67. The Morgan fingerprint density at radius 1 is 1.20 bits per heavy atom. The van der Waals surface area contributed by atoms with Crippen molar-refractivity contribution in [3.63, 3.8) is 0 Å². The van der Waals surface area contributed by atoms with Crippen molar-refractivity contribution in [3.8, 4) is 11.5 Å².